The van der Waals surface area contributed by atoms with E-state index >= 15 is 0 Å². The predicted molar refractivity (Wildman–Crippen MR) is 158 cm³/mol. The van der Waals surface area contributed by atoms with Crippen molar-refractivity contribution >= 4 is 8.41 Å². The summed E-state index contributed by atoms with van der Waals surface area (Å²) in [6.07, 6.45) is 6.66. The minimum absolute atomic E-state index is 0. The molecule has 41 heavy (non-hydrogen) atoms. The highest BCUT2D eigenvalue weighted by Crippen LogP contribution is 2.16. The fraction of sp³-hybridized carbons (Fsp3) is 0.125. The minimum atomic E-state index is 0. The van der Waals surface area contributed by atoms with E-state index < -0.39 is 0 Å². The fourth-order valence-electron chi connectivity index (χ4n) is 3.88. The minimum Gasteiger partial charge on any atom is -0.489 e. The first kappa shape index (κ1) is 28.8. The maximum atomic E-state index is 5.75. The van der Waals surface area contributed by atoms with Crippen molar-refractivity contribution in [1.29, 1.82) is 0 Å². The monoisotopic (exact) mass is 541 g/mol. The van der Waals surface area contributed by atoms with Crippen molar-refractivity contribution < 1.29 is 9.47 Å². The highest BCUT2D eigenvalue weighted by atomic mass is 16.5. The third-order valence-corrected chi connectivity index (χ3v) is 5.99. The lowest BCUT2D eigenvalue weighted by Crippen LogP contribution is -2.00. The zero-order chi connectivity index (χ0) is 27.2. The summed E-state index contributed by atoms with van der Waals surface area (Å²) in [5, 5.41) is 11.7. The zero-order valence-electron chi connectivity index (χ0n) is 22.6. The van der Waals surface area contributed by atoms with Gasteiger partial charge in [-0.1, -0.05) is 84.9 Å². The van der Waals surface area contributed by atoms with Gasteiger partial charge in [0, 0.05) is 15.0 Å². The molecule has 0 spiro atoms. The third-order valence-electron chi connectivity index (χ3n) is 5.99. The summed E-state index contributed by atoms with van der Waals surface area (Å²) >= 11 is 0. The Hall–Kier alpha value is -5.18. The summed E-state index contributed by atoms with van der Waals surface area (Å²) in [5.74, 6) is 1.75. The SMILES string of the molecule is [B].c1ccc(COc2ccc(Cn3cncn3)cc2)cc1.c1ccc(COc2ccc(Cn3cnnc3)cc2)cc1. The summed E-state index contributed by atoms with van der Waals surface area (Å²) in [6, 6.07) is 36.4. The highest BCUT2D eigenvalue weighted by Gasteiger charge is 2.00. The Kier molecular flexibility index (Phi) is 10.8. The second kappa shape index (κ2) is 15.4. The van der Waals surface area contributed by atoms with E-state index in [1.807, 2.05) is 77.4 Å². The molecule has 2 heterocycles. The Balaban J connectivity index is 0.000000184. The van der Waals surface area contributed by atoms with Crippen LogP contribution in [0.3, 0.4) is 0 Å². The van der Waals surface area contributed by atoms with Gasteiger partial charge in [-0.25, -0.2) is 9.67 Å². The molecule has 0 unspecified atom stereocenters. The van der Waals surface area contributed by atoms with Crippen LogP contribution in [0.2, 0.25) is 0 Å². The Labute approximate surface area is 241 Å². The van der Waals surface area contributed by atoms with Gasteiger partial charge in [0.1, 0.15) is 50.0 Å². The van der Waals surface area contributed by atoms with Crippen molar-refractivity contribution in [2.75, 3.05) is 0 Å². The molecule has 0 bridgehead atoms. The molecule has 0 atom stereocenters. The summed E-state index contributed by atoms with van der Waals surface area (Å²) < 4.78 is 15.2. The molecule has 0 fully saturated rings. The fourth-order valence-corrected chi connectivity index (χ4v) is 3.88. The number of nitrogens with zero attached hydrogens (tertiary/aromatic N) is 6. The van der Waals surface area contributed by atoms with Crippen LogP contribution >= 0.6 is 0 Å². The molecular weight excluding hydrogens is 511 g/mol. The van der Waals surface area contributed by atoms with Crippen LogP contribution in [0.5, 0.6) is 11.5 Å². The van der Waals surface area contributed by atoms with Crippen LogP contribution in [0.4, 0.5) is 0 Å². The molecule has 0 aliphatic carbocycles. The van der Waals surface area contributed by atoms with Crippen molar-refractivity contribution in [3.63, 3.8) is 0 Å². The van der Waals surface area contributed by atoms with Gasteiger partial charge in [-0.15, -0.1) is 10.2 Å². The molecule has 0 aliphatic rings. The van der Waals surface area contributed by atoms with Crippen molar-refractivity contribution in [3.05, 3.63) is 157 Å². The summed E-state index contributed by atoms with van der Waals surface area (Å²) in [6.45, 7) is 2.67. The van der Waals surface area contributed by atoms with Gasteiger partial charge in [0.25, 0.3) is 0 Å². The Morgan fingerprint density at radius 2 is 1.00 bits per heavy atom. The second-order valence-electron chi connectivity index (χ2n) is 9.06. The van der Waals surface area contributed by atoms with Crippen LogP contribution in [-0.4, -0.2) is 37.9 Å². The molecule has 8 nitrogen and oxygen atoms in total. The van der Waals surface area contributed by atoms with Gasteiger partial charge in [-0.05, 0) is 46.5 Å². The first-order chi connectivity index (χ1) is 19.8. The molecule has 3 radical (unpaired) electrons. The molecule has 2 aromatic heterocycles. The van der Waals surface area contributed by atoms with Gasteiger partial charge in [0.2, 0.25) is 0 Å². The maximum absolute atomic E-state index is 5.75. The van der Waals surface area contributed by atoms with Gasteiger partial charge >= 0.3 is 0 Å². The van der Waals surface area contributed by atoms with Crippen molar-refractivity contribution in [2.45, 2.75) is 26.3 Å². The van der Waals surface area contributed by atoms with E-state index in [2.05, 4.69) is 56.7 Å². The second-order valence-corrected chi connectivity index (χ2v) is 9.06. The van der Waals surface area contributed by atoms with E-state index in [9.17, 15) is 0 Å². The Morgan fingerprint density at radius 1 is 0.512 bits per heavy atom. The molecule has 0 saturated carbocycles. The Morgan fingerprint density at radius 3 is 1.46 bits per heavy atom. The summed E-state index contributed by atoms with van der Waals surface area (Å²) in [5.41, 5.74) is 4.69. The third kappa shape index (κ3) is 9.51. The van der Waals surface area contributed by atoms with E-state index in [0.717, 1.165) is 24.6 Å². The van der Waals surface area contributed by atoms with Gasteiger partial charge in [-0.3, -0.25) is 0 Å². The first-order valence-electron chi connectivity index (χ1n) is 13.0. The number of benzene rings is 4. The standard InChI is InChI=1S/2C16H15N3O.B/c1-2-4-15(5-3-1)11-20-16-8-6-14(7-9-16)10-19-12-17-18-13-19;1-2-4-15(5-3-1)11-20-16-8-6-14(7-9-16)10-19-13-17-12-18-19;/h2*1-9,12-13H,10-11H2;. The van der Waals surface area contributed by atoms with Crippen LogP contribution in [-0.2, 0) is 26.3 Å². The van der Waals surface area contributed by atoms with E-state index in [4.69, 9.17) is 9.47 Å². The summed E-state index contributed by atoms with van der Waals surface area (Å²) in [7, 11) is 0. The average Bonchev–Trinajstić information content (AvgIpc) is 3.73. The van der Waals surface area contributed by atoms with Crippen LogP contribution < -0.4 is 9.47 Å². The summed E-state index contributed by atoms with van der Waals surface area (Å²) in [4.78, 5) is 3.93. The van der Waals surface area contributed by atoms with E-state index in [0.29, 0.717) is 13.2 Å². The lowest BCUT2D eigenvalue weighted by molar-refractivity contribution is 0.306. The highest BCUT2D eigenvalue weighted by molar-refractivity contribution is 5.75. The normalized spacial score (nSPS) is 10.1. The number of hydrogen-bond acceptors (Lipinski definition) is 6. The molecule has 0 aliphatic heterocycles. The van der Waals surface area contributed by atoms with E-state index in [1.165, 1.54) is 28.6 Å². The molecular formula is C32H30BN6O2. The molecule has 9 heteroatoms. The number of rotatable bonds is 10. The lowest BCUT2D eigenvalue weighted by atomic mass is 10.2. The van der Waals surface area contributed by atoms with Gasteiger partial charge in [-0.2, -0.15) is 5.10 Å². The van der Waals surface area contributed by atoms with Gasteiger partial charge in [0.15, 0.2) is 0 Å². The zero-order valence-corrected chi connectivity index (χ0v) is 22.6. The maximum Gasteiger partial charge on any atom is 0.137 e. The lowest BCUT2D eigenvalue weighted by Gasteiger charge is -2.07. The Bertz CT molecular complexity index is 1390. The molecule has 4 aromatic carbocycles. The largest absolute Gasteiger partial charge is 0.489 e. The van der Waals surface area contributed by atoms with Gasteiger partial charge < -0.3 is 14.0 Å². The number of hydrogen-bond donors (Lipinski definition) is 0. The van der Waals surface area contributed by atoms with Crippen LogP contribution in [0.1, 0.15) is 22.3 Å². The average molecular weight is 541 g/mol. The molecule has 0 amide bonds. The van der Waals surface area contributed by atoms with Crippen molar-refractivity contribution in [2.24, 2.45) is 0 Å². The smallest absolute Gasteiger partial charge is 0.137 e. The van der Waals surface area contributed by atoms with Gasteiger partial charge in [0.05, 0.1) is 6.54 Å². The van der Waals surface area contributed by atoms with Crippen molar-refractivity contribution in [3.8, 4) is 11.5 Å². The van der Waals surface area contributed by atoms with Crippen molar-refractivity contribution in [1.82, 2.24) is 29.5 Å². The number of aromatic nitrogens is 6. The van der Waals surface area contributed by atoms with E-state index in [-0.39, 0.29) is 8.41 Å². The number of ether oxygens (including phenoxy) is 2. The quantitative estimate of drug-likeness (QED) is 0.215. The molecule has 203 valence electrons. The first-order valence-corrected chi connectivity index (χ1v) is 13.0. The molecule has 6 aromatic rings. The predicted octanol–water partition coefficient (Wildman–Crippen LogP) is 5.43. The molecule has 0 saturated heterocycles. The van der Waals surface area contributed by atoms with Crippen LogP contribution in [0, 0.1) is 0 Å². The molecule has 0 N–H and O–H groups in total. The van der Waals surface area contributed by atoms with E-state index in [1.54, 1.807) is 23.7 Å². The van der Waals surface area contributed by atoms with Crippen LogP contribution in [0.15, 0.2) is 135 Å². The van der Waals surface area contributed by atoms with Crippen LogP contribution in [0.25, 0.3) is 0 Å². The topological polar surface area (TPSA) is 79.9 Å². The molecule has 6 rings (SSSR count).